The van der Waals surface area contributed by atoms with Crippen LogP contribution in [0.25, 0.3) is 6.08 Å². The van der Waals surface area contributed by atoms with Crippen LogP contribution in [0.4, 0.5) is 5.69 Å². The van der Waals surface area contributed by atoms with Gasteiger partial charge in [-0.15, -0.1) is 0 Å². The summed E-state index contributed by atoms with van der Waals surface area (Å²) in [4.78, 5) is 24.1. The molecule has 1 N–H and O–H groups in total. The van der Waals surface area contributed by atoms with Gasteiger partial charge in [-0.05, 0) is 48.2 Å². The van der Waals surface area contributed by atoms with Crippen LogP contribution < -0.4 is 19.9 Å². The van der Waals surface area contributed by atoms with Crippen molar-refractivity contribution in [1.82, 2.24) is 0 Å². The highest BCUT2D eigenvalue weighted by molar-refractivity contribution is 6.25. The number of allylic oxidation sites excluding steroid dienone is 1. The van der Waals surface area contributed by atoms with E-state index >= 15 is 0 Å². The number of carboxylic acid groups (broad SMARTS) is 1. The molecule has 31 heavy (non-hydrogen) atoms. The van der Waals surface area contributed by atoms with E-state index in [9.17, 15) is 14.7 Å². The SMILES string of the molecule is COc1cc(/C=C2\OC(Nc3ccccc3)=C(C(=O)[O-])C2=O)ccc1OCCC(C)C. The Kier molecular flexibility index (Phi) is 6.97. The van der Waals surface area contributed by atoms with Crippen LogP contribution in [-0.2, 0) is 14.3 Å². The lowest BCUT2D eigenvalue weighted by atomic mass is 10.1. The molecule has 0 saturated carbocycles. The Balaban J connectivity index is 1.82. The number of ketones is 1. The first-order chi connectivity index (χ1) is 14.9. The average molecular weight is 422 g/mol. The topological polar surface area (TPSA) is 96.9 Å². The van der Waals surface area contributed by atoms with Crippen LogP contribution in [0.15, 0.2) is 65.7 Å². The van der Waals surface area contributed by atoms with Gasteiger partial charge >= 0.3 is 0 Å². The number of hydrogen-bond acceptors (Lipinski definition) is 7. The third kappa shape index (κ3) is 5.45. The number of carboxylic acids is 1. The number of methoxy groups -OCH3 is 1. The van der Waals surface area contributed by atoms with E-state index in [1.54, 1.807) is 42.5 Å². The van der Waals surface area contributed by atoms with E-state index < -0.39 is 17.3 Å². The first kappa shape index (κ1) is 22.0. The Morgan fingerprint density at radius 1 is 1.16 bits per heavy atom. The smallest absolute Gasteiger partial charge is 0.235 e. The van der Waals surface area contributed by atoms with E-state index in [0.717, 1.165) is 6.42 Å². The first-order valence-electron chi connectivity index (χ1n) is 9.91. The fraction of sp³-hybridized carbons (Fsp3) is 0.250. The van der Waals surface area contributed by atoms with Crippen LogP contribution in [0.1, 0.15) is 25.8 Å². The number of carbonyl (C=O) groups is 2. The minimum atomic E-state index is -1.61. The van der Waals surface area contributed by atoms with Crippen LogP contribution in [0.5, 0.6) is 11.5 Å². The van der Waals surface area contributed by atoms with Crippen molar-refractivity contribution in [3.63, 3.8) is 0 Å². The van der Waals surface area contributed by atoms with Gasteiger partial charge in [0.25, 0.3) is 0 Å². The number of aliphatic carboxylic acids is 1. The van der Waals surface area contributed by atoms with Crippen molar-refractivity contribution >= 4 is 23.5 Å². The summed E-state index contributed by atoms with van der Waals surface area (Å²) < 4.78 is 16.7. The molecule has 2 aromatic rings. The maximum atomic E-state index is 12.6. The molecule has 1 aliphatic rings. The second-order valence-electron chi connectivity index (χ2n) is 7.36. The predicted octanol–water partition coefficient (Wildman–Crippen LogP) is 3.13. The van der Waals surface area contributed by atoms with Gasteiger partial charge in [0.2, 0.25) is 11.7 Å². The van der Waals surface area contributed by atoms with Gasteiger partial charge in [-0.2, -0.15) is 0 Å². The van der Waals surface area contributed by atoms with Crippen LogP contribution in [-0.4, -0.2) is 25.5 Å². The molecule has 3 rings (SSSR count). The highest BCUT2D eigenvalue weighted by atomic mass is 16.5. The van der Waals surface area contributed by atoms with Gasteiger partial charge in [0, 0.05) is 5.69 Å². The number of benzene rings is 2. The zero-order chi connectivity index (χ0) is 22.4. The van der Waals surface area contributed by atoms with E-state index in [-0.39, 0.29) is 11.6 Å². The Hall–Kier alpha value is -3.74. The quantitative estimate of drug-likeness (QED) is 0.490. The van der Waals surface area contributed by atoms with E-state index in [2.05, 4.69) is 19.2 Å². The van der Waals surface area contributed by atoms with Gasteiger partial charge in [-0.25, -0.2) is 0 Å². The molecule has 0 fully saturated rings. The number of rotatable bonds is 9. The van der Waals surface area contributed by atoms with Gasteiger partial charge in [0.05, 0.1) is 19.7 Å². The van der Waals surface area contributed by atoms with E-state index in [1.807, 2.05) is 6.07 Å². The summed E-state index contributed by atoms with van der Waals surface area (Å²) in [6.45, 7) is 4.79. The highest BCUT2D eigenvalue weighted by Crippen LogP contribution is 2.32. The average Bonchev–Trinajstić information content (AvgIpc) is 3.04. The third-order valence-electron chi connectivity index (χ3n) is 4.56. The van der Waals surface area contributed by atoms with Crippen molar-refractivity contribution in [1.29, 1.82) is 0 Å². The number of Topliss-reactive ketones (excluding diaryl/α,β-unsaturated/α-hetero) is 1. The monoisotopic (exact) mass is 422 g/mol. The maximum Gasteiger partial charge on any atom is 0.235 e. The number of hydrogen-bond donors (Lipinski definition) is 1. The zero-order valence-electron chi connectivity index (χ0n) is 17.6. The fourth-order valence-electron chi connectivity index (χ4n) is 2.90. The number of ether oxygens (including phenoxy) is 3. The molecule has 7 nitrogen and oxygen atoms in total. The molecule has 7 heteroatoms. The van der Waals surface area contributed by atoms with E-state index in [1.165, 1.54) is 13.2 Å². The third-order valence-corrected chi connectivity index (χ3v) is 4.56. The zero-order valence-corrected chi connectivity index (χ0v) is 17.6. The molecule has 162 valence electrons. The molecule has 0 saturated heterocycles. The van der Waals surface area contributed by atoms with Crippen molar-refractivity contribution in [2.75, 3.05) is 19.0 Å². The van der Waals surface area contributed by atoms with Crippen molar-refractivity contribution in [2.24, 2.45) is 5.92 Å². The Bertz CT molecular complexity index is 1020. The van der Waals surface area contributed by atoms with E-state index in [0.29, 0.717) is 35.3 Å². The molecule has 1 aliphatic heterocycles. The first-order valence-corrected chi connectivity index (χ1v) is 9.91. The lowest BCUT2D eigenvalue weighted by Crippen LogP contribution is -2.28. The Morgan fingerprint density at radius 3 is 2.55 bits per heavy atom. The van der Waals surface area contributed by atoms with Crippen LogP contribution >= 0.6 is 0 Å². The number of anilines is 1. The van der Waals surface area contributed by atoms with Gasteiger partial charge in [-0.1, -0.05) is 38.1 Å². The van der Waals surface area contributed by atoms with Crippen molar-refractivity contribution in [2.45, 2.75) is 20.3 Å². The van der Waals surface area contributed by atoms with Crippen molar-refractivity contribution in [3.8, 4) is 11.5 Å². The number of carbonyl (C=O) groups excluding carboxylic acids is 2. The summed E-state index contributed by atoms with van der Waals surface area (Å²) in [5, 5.41) is 14.3. The summed E-state index contributed by atoms with van der Waals surface area (Å²) >= 11 is 0. The molecule has 0 amide bonds. The van der Waals surface area contributed by atoms with Gasteiger partial charge in [-0.3, -0.25) is 4.79 Å². The van der Waals surface area contributed by atoms with Gasteiger partial charge in [0.1, 0.15) is 5.57 Å². The number of nitrogens with one attached hydrogen (secondary N) is 1. The second kappa shape index (κ2) is 9.84. The van der Waals surface area contributed by atoms with Crippen LogP contribution in [0.2, 0.25) is 0 Å². The van der Waals surface area contributed by atoms with Crippen molar-refractivity contribution < 1.29 is 28.9 Å². The van der Waals surface area contributed by atoms with Gasteiger partial charge in [0.15, 0.2) is 17.3 Å². The normalized spacial score (nSPS) is 14.7. The molecule has 2 aromatic carbocycles. The maximum absolute atomic E-state index is 12.6. The molecular formula is C24H24NO6-. The Labute approximate surface area is 180 Å². The molecule has 0 unspecified atom stereocenters. The molecule has 1 heterocycles. The molecule has 0 aliphatic carbocycles. The summed E-state index contributed by atoms with van der Waals surface area (Å²) in [7, 11) is 1.52. The highest BCUT2D eigenvalue weighted by Gasteiger charge is 2.32. The minimum absolute atomic E-state index is 0.131. The summed E-state index contributed by atoms with van der Waals surface area (Å²) in [6.07, 6.45) is 2.36. The van der Waals surface area contributed by atoms with Crippen LogP contribution in [0.3, 0.4) is 0 Å². The Morgan fingerprint density at radius 2 is 1.90 bits per heavy atom. The van der Waals surface area contributed by atoms with Crippen LogP contribution in [0, 0.1) is 5.92 Å². The van der Waals surface area contributed by atoms with Crippen molar-refractivity contribution in [3.05, 3.63) is 71.3 Å². The molecular weight excluding hydrogens is 398 g/mol. The molecule has 0 aromatic heterocycles. The molecule has 0 radical (unpaired) electrons. The molecule has 0 spiro atoms. The summed E-state index contributed by atoms with van der Waals surface area (Å²) in [6, 6.07) is 14.0. The molecule has 0 atom stereocenters. The van der Waals surface area contributed by atoms with E-state index in [4.69, 9.17) is 14.2 Å². The standard InChI is InChI=1S/C24H25NO6/c1-15(2)11-12-30-18-10-9-16(13-19(18)29-3)14-20-22(26)21(24(27)28)23(31-20)25-17-7-5-4-6-8-17/h4-10,13-15,25H,11-12H2,1-3H3,(H,27,28)/p-1/b20-14-. The fourth-order valence-corrected chi connectivity index (χ4v) is 2.90. The summed E-state index contributed by atoms with van der Waals surface area (Å²) in [5.41, 5.74) is 0.612. The predicted molar refractivity (Wildman–Crippen MR) is 114 cm³/mol. The largest absolute Gasteiger partial charge is 0.544 e. The minimum Gasteiger partial charge on any atom is -0.544 e. The second-order valence-corrected chi connectivity index (χ2v) is 7.36. The van der Waals surface area contributed by atoms with Gasteiger partial charge < -0.3 is 29.4 Å². The summed E-state index contributed by atoms with van der Waals surface area (Å²) in [5.74, 6) is -1.09. The lowest BCUT2D eigenvalue weighted by molar-refractivity contribution is -0.298. The lowest BCUT2D eigenvalue weighted by Gasteiger charge is -2.12. The number of para-hydroxylation sites is 1. The molecule has 0 bridgehead atoms.